The Hall–Kier alpha value is -2.54. The number of azo groups is 1. The molecule has 0 aliphatic heterocycles. The fraction of sp³-hybridized carbons (Fsp3) is 0.368. The molecule has 1 N–H and O–H groups in total. The maximum Gasteiger partial charge on any atom is 0.279 e. The summed E-state index contributed by atoms with van der Waals surface area (Å²) in [7, 11) is 2.07. The van der Waals surface area contributed by atoms with Gasteiger partial charge in [-0.05, 0) is 38.0 Å². The number of imidazole rings is 1. The Morgan fingerprint density at radius 3 is 2.62 bits per heavy atom. The minimum atomic E-state index is 0.708. The second kappa shape index (κ2) is 8.23. The first kappa shape index (κ1) is 18.3. The highest BCUT2D eigenvalue weighted by atomic mass is 32.1. The molecule has 2 heterocycles. The van der Waals surface area contributed by atoms with Gasteiger partial charge >= 0.3 is 0 Å². The predicted octanol–water partition coefficient (Wildman–Crippen LogP) is 4.15. The maximum absolute atomic E-state index is 4.37. The number of aryl methyl sites for hydroxylation is 3. The molecule has 3 rings (SSSR count). The van der Waals surface area contributed by atoms with Crippen LogP contribution in [-0.4, -0.2) is 16.2 Å². The van der Waals surface area contributed by atoms with Crippen LogP contribution >= 0.6 is 11.3 Å². The molecular weight excluding hydrogens is 344 g/mol. The van der Waals surface area contributed by atoms with Crippen molar-refractivity contribution in [2.45, 2.75) is 33.6 Å². The van der Waals surface area contributed by atoms with Gasteiger partial charge in [-0.1, -0.05) is 30.4 Å². The van der Waals surface area contributed by atoms with Gasteiger partial charge in [0.15, 0.2) is 6.20 Å². The number of benzene rings is 1. The van der Waals surface area contributed by atoms with E-state index in [1.807, 2.05) is 26.0 Å². The Morgan fingerprint density at radius 1 is 1.19 bits per heavy atom. The van der Waals surface area contributed by atoms with E-state index in [-0.39, 0.29) is 0 Å². The molecule has 0 saturated heterocycles. The molecule has 0 bridgehead atoms. The molecule has 7 heteroatoms. The summed E-state index contributed by atoms with van der Waals surface area (Å²) in [5.41, 5.74) is 6.59. The van der Waals surface area contributed by atoms with Crippen molar-refractivity contribution in [1.82, 2.24) is 9.66 Å². The lowest BCUT2D eigenvalue weighted by Crippen LogP contribution is -2.33. The zero-order chi connectivity index (χ0) is 18.5. The van der Waals surface area contributed by atoms with Crippen molar-refractivity contribution in [3.05, 3.63) is 58.6 Å². The molecule has 0 saturated carbocycles. The molecule has 0 fully saturated rings. The zero-order valence-electron chi connectivity index (χ0n) is 15.7. The minimum Gasteiger partial charge on any atom is -0.256 e. The summed E-state index contributed by atoms with van der Waals surface area (Å²) in [5, 5.41) is 9.21. The third-order valence-corrected chi connectivity index (χ3v) is 5.30. The molecule has 0 spiro atoms. The average Bonchev–Trinajstić information content (AvgIpc) is 3.16. The fourth-order valence-corrected chi connectivity index (χ4v) is 3.45. The van der Waals surface area contributed by atoms with Gasteiger partial charge in [0.05, 0.1) is 25.0 Å². The number of thiazole rings is 1. The summed E-state index contributed by atoms with van der Waals surface area (Å²) in [4.78, 5) is 5.56. The van der Waals surface area contributed by atoms with Crippen molar-refractivity contribution >= 4 is 22.2 Å². The van der Waals surface area contributed by atoms with Gasteiger partial charge in [0, 0.05) is 11.3 Å². The Bertz CT molecular complexity index is 872. The van der Waals surface area contributed by atoms with E-state index in [4.69, 9.17) is 0 Å². The first-order valence-corrected chi connectivity index (χ1v) is 9.63. The minimum absolute atomic E-state index is 0.708. The molecule has 0 atom stereocenters. The van der Waals surface area contributed by atoms with Crippen LogP contribution in [-0.2, 0) is 19.9 Å². The Kier molecular flexibility index (Phi) is 5.78. The highest BCUT2D eigenvalue weighted by Gasteiger charge is 2.11. The Balaban J connectivity index is 1.54. The van der Waals surface area contributed by atoms with Gasteiger partial charge < -0.3 is 0 Å². The summed E-state index contributed by atoms with van der Waals surface area (Å²) in [5.74, 6) is 1.26. The van der Waals surface area contributed by atoms with Gasteiger partial charge in [0.1, 0.15) is 6.20 Å². The SMILES string of the molecule is CCc1n(NCCc2ccc(N=Nc3nc(C)c(C)s3)cc2)cc[n+]1C. The van der Waals surface area contributed by atoms with Crippen LogP contribution in [0.25, 0.3) is 0 Å². The summed E-state index contributed by atoms with van der Waals surface area (Å²) in [6, 6.07) is 8.20. The third-order valence-electron chi connectivity index (χ3n) is 4.34. The number of aromatic nitrogens is 3. The molecular formula is C19H25N6S+. The summed E-state index contributed by atoms with van der Waals surface area (Å²) in [6.07, 6.45) is 6.07. The van der Waals surface area contributed by atoms with Crippen molar-refractivity contribution in [3.63, 3.8) is 0 Å². The Labute approximate surface area is 158 Å². The molecule has 0 amide bonds. The summed E-state index contributed by atoms with van der Waals surface area (Å²) >= 11 is 1.57. The molecule has 136 valence electrons. The largest absolute Gasteiger partial charge is 0.279 e. The number of rotatable bonds is 7. The van der Waals surface area contributed by atoms with Crippen LogP contribution < -0.4 is 9.99 Å². The van der Waals surface area contributed by atoms with Crippen LogP contribution in [0.3, 0.4) is 0 Å². The second-order valence-corrected chi connectivity index (χ2v) is 7.39. The highest BCUT2D eigenvalue weighted by Crippen LogP contribution is 2.26. The van der Waals surface area contributed by atoms with Crippen LogP contribution in [0.5, 0.6) is 0 Å². The lowest BCUT2D eigenvalue weighted by molar-refractivity contribution is -0.678. The molecule has 3 aromatic rings. The molecule has 26 heavy (non-hydrogen) atoms. The van der Waals surface area contributed by atoms with E-state index >= 15 is 0 Å². The van der Waals surface area contributed by atoms with Crippen LogP contribution in [0.4, 0.5) is 10.8 Å². The van der Waals surface area contributed by atoms with Crippen molar-refractivity contribution < 1.29 is 4.57 Å². The number of nitrogens with one attached hydrogen (secondary N) is 1. The zero-order valence-corrected chi connectivity index (χ0v) is 16.5. The van der Waals surface area contributed by atoms with E-state index in [0.717, 1.165) is 30.8 Å². The van der Waals surface area contributed by atoms with Crippen LogP contribution in [0.15, 0.2) is 46.9 Å². The molecule has 0 aliphatic rings. The fourth-order valence-electron chi connectivity index (χ4n) is 2.72. The molecule has 2 aromatic heterocycles. The van der Waals surface area contributed by atoms with Crippen molar-refractivity contribution in [1.29, 1.82) is 0 Å². The quantitative estimate of drug-likeness (QED) is 0.502. The Morgan fingerprint density at radius 2 is 1.96 bits per heavy atom. The summed E-state index contributed by atoms with van der Waals surface area (Å²) < 4.78 is 4.23. The van der Waals surface area contributed by atoms with Crippen LogP contribution in [0.2, 0.25) is 0 Å². The average molecular weight is 370 g/mol. The van der Waals surface area contributed by atoms with E-state index in [9.17, 15) is 0 Å². The molecule has 0 unspecified atom stereocenters. The van der Waals surface area contributed by atoms with E-state index in [1.165, 1.54) is 16.3 Å². The van der Waals surface area contributed by atoms with Gasteiger partial charge in [-0.2, -0.15) is 0 Å². The summed E-state index contributed by atoms with van der Waals surface area (Å²) in [6.45, 7) is 7.08. The number of nitrogens with zero attached hydrogens (tertiary/aromatic N) is 5. The van der Waals surface area contributed by atoms with Gasteiger partial charge in [0.25, 0.3) is 5.82 Å². The van der Waals surface area contributed by atoms with Gasteiger partial charge in [-0.3, -0.25) is 5.43 Å². The van der Waals surface area contributed by atoms with Gasteiger partial charge in [-0.25, -0.2) is 9.55 Å². The molecule has 0 radical (unpaired) electrons. The van der Waals surface area contributed by atoms with E-state index in [0.29, 0.717) is 5.13 Å². The third kappa shape index (κ3) is 4.35. The van der Waals surface area contributed by atoms with E-state index < -0.39 is 0 Å². The second-order valence-electron chi connectivity index (χ2n) is 6.21. The topological polar surface area (TPSA) is 58.5 Å². The highest BCUT2D eigenvalue weighted by molar-refractivity contribution is 7.15. The number of hydrogen-bond donors (Lipinski definition) is 1. The maximum atomic E-state index is 4.37. The lowest BCUT2D eigenvalue weighted by Gasteiger charge is -2.05. The first-order valence-electron chi connectivity index (χ1n) is 8.81. The van der Waals surface area contributed by atoms with E-state index in [1.54, 1.807) is 11.3 Å². The molecule has 1 aromatic carbocycles. The smallest absolute Gasteiger partial charge is 0.256 e. The standard InChI is InChI=1S/C19H25N6S/c1-5-18-24(4)12-13-25(18)20-11-10-16-6-8-17(9-7-16)22-23-19-21-14(2)15(3)26-19/h6-9,12-13,20H,5,10-11H2,1-4H3/q+1. The monoisotopic (exact) mass is 369 g/mol. The van der Waals surface area contributed by atoms with Crippen molar-refractivity contribution in [2.24, 2.45) is 17.3 Å². The first-order chi connectivity index (χ1) is 12.6. The van der Waals surface area contributed by atoms with Crippen LogP contribution in [0, 0.1) is 13.8 Å². The lowest BCUT2D eigenvalue weighted by atomic mass is 10.1. The van der Waals surface area contributed by atoms with Crippen LogP contribution in [0.1, 0.15) is 28.9 Å². The van der Waals surface area contributed by atoms with Gasteiger partial charge in [-0.15, -0.1) is 14.9 Å². The molecule has 6 nitrogen and oxygen atoms in total. The van der Waals surface area contributed by atoms with Crippen molar-refractivity contribution in [3.8, 4) is 0 Å². The molecule has 0 aliphatic carbocycles. The predicted molar refractivity (Wildman–Crippen MR) is 105 cm³/mol. The van der Waals surface area contributed by atoms with Crippen molar-refractivity contribution in [2.75, 3.05) is 12.0 Å². The van der Waals surface area contributed by atoms with E-state index in [2.05, 4.69) is 68.4 Å². The van der Waals surface area contributed by atoms with Gasteiger partial charge in [0.2, 0.25) is 5.13 Å². The normalized spacial score (nSPS) is 11.4. The number of hydrogen-bond acceptors (Lipinski definition) is 5.